The summed E-state index contributed by atoms with van der Waals surface area (Å²) in [5, 5.41) is 3.32. The number of amides is 1. The van der Waals surface area contributed by atoms with Gasteiger partial charge in [-0.2, -0.15) is 0 Å². The van der Waals surface area contributed by atoms with Crippen molar-refractivity contribution in [3.8, 4) is 0 Å². The molecular weight excluding hydrogens is 176 g/mol. The molecule has 0 aromatic carbocycles. The normalized spacial score (nSPS) is 23.8. The Kier molecular flexibility index (Phi) is 4.14. The van der Waals surface area contributed by atoms with Gasteiger partial charge in [0, 0.05) is 31.2 Å². The number of piperazine rings is 1. The second-order valence-corrected chi connectivity index (χ2v) is 3.90. The number of carbonyl (C=O) groups excluding carboxylic acids is 1. The van der Waals surface area contributed by atoms with Crippen LogP contribution in [0.3, 0.4) is 0 Å². The molecule has 3 nitrogen and oxygen atoms in total. The number of nitrogens with zero attached hydrogens (tertiary/aromatic N) is 1. The van der Waals surface area contributed by atoms with Gasteiger partial charge in [-0.25, -0.2) is 0 Å². The van der Waals surface area contributed by atoms with Gasteiger partial charge in [0.05, 0.1) is 0 Å². The van der Waals surface area contributed by atoms with E-state index in [-0.39, 0.29) is 5.91 Å². The molecule has 1 saturated heterocycles. The highest BCUT2D eigenvalue weighted by atomic mass is 16.2. The van der Waals surface area contributed by atoms with Gasteiger partial charge in [-0.3, -0.25) is 4.79 Å². The van der Waals surface area contributed by atoms with Crippen LogP contribution in [0.2, 0.25) is 0 Å². The fourth-order valence-corrected chi connectivity index (χ4v) is 1.76. The zero-order chi connectivity index (χ0) is 10.6. The van der Waals surface area contributed by atoms with Crippen molar-refractivity contribution in [2.75, 3.05) is 19.6 Å². The molecule has 0 radical (unpaired) electrons. The Morgan fingerprint density at radius 2 is 2.36 bits per heavy atom. The minimum atomic E-state index is 0.195. The average molecular weight is 196 g/mol. The van der Waals surface area contributed by atoms with Gasteiger partial charge in [0.25, 0.3) is 0 Å². The first-order valence-corrected chi connectivity index (χ1v) is 5.34. The summed E-state index contributed by atoms with van der Waals surface area (Å²) in [6, 6.07) is 0.419. The Labute approximate surface area is 86.2 Å². The molecule has 1 aliphatic rings. The third-order valence-electron chi connectivity index (χ3n) is 2.50. The Balaban J connectivity index is 2.55. The van der Waals surface area contributed by atoms with Crippen molar-refractivity contribution in [1.29, 1.82) is 0 Å². The van der Waals surface area contributed by atoms with Gasteiger partial charge < -0.3 is 10.2 Å². The molecular formula is C11H20N2O. The van der Waals surface area contributed by atoms with Crippen LogP contribution in [0.25, 0.3) is 0 Å². The number of rotatable bonds is 2. The smallest absolute Gasteiger partial charge is 0.249 e. The van der Waals surface area contributed by atoms with Crippen LogP contribution in [0.5, 0.6) is 0 Å². The van der Waals surface area contributed by atoms with E-state index in [4.69, 9.17) is 0 Å². The minimum absolute atomic E-state index is 0.195. The van der Waals surface area contributed by atoms with E-state index in [1.807, 2.05) is 17.9 Å². The maximum Gasteiger partial charge on any atom is 0.249 e. The van der Waals surface area contributed by atoms with E-state index < -0.39 is 0 Å². The SMILES string of the molecule is CC/C=C(/C)C(=O)N1CCN[C@H](C)C1. The first-order valence-electron chi connectivity index (χ1n) is 5.34. The van der Waals surface area contributed by atoms with E-state index in [0.29, 0.717) is 6.04 Å². The van der Waals surface area contributed by atoms with Crippen molar-refractivity contribution in [3.05, 3.63) is 11.6 Å². The molecule has 1 heterocycles. The van der Waals surface area contributed by atoms with E-state index in [2.05, 4.69) is 19.2 Å². The van der Waals surface area contributed by atoms with E-state index in [1.54, 1.807) is 0 Å². The molecule has 0 aromatic heterocycles. The van der Waals surface area contributed by atoms with Gasteiger partial charge in [-0.05, 0) is 20.3 Å². The summed E-state index contributed by atoms with van der Waals surface area (Å²) in [5.74, 6) is 0.195. The average Bonchev–Trinajstić information content (AvgIpc) is 2.17. The number of hydrogen-bond donors (Lipinski definition) is 1. The molecule has 0 spiro atoms. The number of carbonyl (C=O) groups is 1. The van der Waals surface area contributed by atoms with Crippen LogP contribution in [-0.2, 0) is 4.79 Å². The van der Waals surface area contributed by atoms with E-state index in [0.717, 1.165) is 31.6 Å². The fourth-order valence-electron chi connectivity index (χ4n) is 1.76. The third kappa shape index (κ3) is 2.84. The zero-order valence-electron chi connectivity index (χ0n) is 9.34. The lowest BCUT2D eigenvalue weighted by Gasteiger charge is -2.32. The molecule has 14 heavy (non-hydrogen) atoms. The van der Waals surface area contributed by atoms with Gasteiger partial charge in [-0.15, -0.1) is 0 Å². The molecule has 0 aliphatic carbocycles. The molecule has 1 amide bonds. The van der Waals surface area contributed by atoms with Gasteiger partial charge in [0.15, 0.2) is 0 Å². The summed E-state index contributed by atoms with van der Waals surface area (Å²) in [4.78, 5) is 13.8. The highest BCUT2D eigenvalue weighted by Gasteiger charge is 2.20. The number of nitrogens with one attached hydrogen (secondary N) is 1. The quantitative estimate of drug-likeness (QED) is 0.672. The summed E-state index contributed by atoms with van der Waals surface area (Å²) < 4.78 is 0. The second-order valence-electron chi connectivity index (χ2n) is 3.90. The van der Waals surface area contributed by atoms with Crippen LogP contribution in [0.4, 0.5) is 0 Å². The summed E-state index contributed by atoms with van der Waals surface area (Å²) in [5.41, 5.74) is 0.876. The Bertz CT molecular complexity index is 235. The molecule has 0 saturated carbocycles. The maximum atomic E-state index is 11.9. The van der Waals surface area contributed by atoms with Gasteiger partial charge in [0.2, 0.25) is 5.91 Å². The van der Waals surface area contributed by atoms with Crippen molar-refractivity contribution in [2.24, 2.45) is 0 Å². The monoisotopic (exact) mass is 196 g/mol. The summed E-state index contributed by atoms with van der Waals surface area (Å²) in [6.07, 6.45) is 2.92. The van der Waals surface area contributed by atoms with Crippen molar-refractivity contribution in [2.45, 2.75) is 33.2 Å². The van der Waals surface area contributed by atoms with Gasteiger partial charge in [-0.1, -0.05) is 13.0 Å². The lowest BCUT2D eigenvalue weighted by atomic mass is 10.1. The Morgan fingerprint density at radius 1 is 1.64 bits per heavy atom. The highest BCUT2D eigenvalue weighted by molar-refractivity contribution is 5.92. The van der Waals surface area contributed by atoms with Crippen LogP contribution >= 0.6 is 0 Å². The molecule has 80 valence electrons. The number of hydrogen-bond acceptors (Lipinski definition) is 2. The van der Waals surface area contributed by atoms with Crippen LogP contribution in [0.1, 0.15) is 27.2 Å². The van der Waals surface area contributed by atoms with E-state index >= 15 is 0 Å². The standard InChI is InChI=1S/C11H20N2O/c1-4-5-9(2)11(14)13-7-6-12-10(3)8-13/h5,10,12H,4,6-8H2,1-3H3/b9-5-/t10-/m1/s1. The Hall–Kier alpha value is -0.830. The summed E-state index contributed by atoms with van der Waals surface area (Å²) in [7, 11) is 0. The molecule has 1 N–H and O–H groups in total. The molecule has 1 rings (SSSR count). The molecule has 0 aromatic rings. The van der Waals surface area contributed by atoms with Gasteiger partial charge in [0.1, 0.15) is 0 Å². The molecule has 3 heteroatoms. The third-order valence-corrected chi connectivity index (χ3v) is 2.50. The van der Waals surface area contributed by atoms with E-state index in [9.17, 15) is 4.79 Å². The molecule has 0 bridgehead atoms. The molecule has 1 atom stereocenters. The summed E-state index contributed by atoms with van der Waals surface area (Å²) >= 11 is 0. The Morgan fingerprint density at radius 3 is 2.93 bits per heavy atom. The zero-order valence-corrected chi connectivity index (χ0v) is 9.34. The first-order chi connectivity index (χ1) is 6.65. The summed E-state index contributed by atoms with van der Waals surface area (Å²) in [6.45, 7) is 8.63. The van der Waals surface area contributed by atoms with Crippen molar-refractivity contribution < 1.29 is 4.79 Å². The molecule has 1 fully saturated rings. The van der Waals surface area contributed by atoms with Crippen LogP contribution < -0.4 is 5.32 Å². The highest BCUT2D eigenvalue weighted by Crippen LogP contribution is 2.06. The van der Waals surface area contributed by atoms with Crippen LogP contribution in [0.15, 0.2) is 11.6 Å². The van der Waals surface area contributed by atoms with E-state index in [1.165, 1.54) is 0 Å². The lowest BCUT2D eigenvalue weighted by molar-refractivity contribution is -0.128. The fraction of sp³-hybridized carbons (Fsp3) is 0.727. The van der Waals surface area contributed by atoms with Crippen molar-refractivity contribution in [3.63, 3.8) is 0 Å². The maximum absolute atomic E-state index is 11.9. The predicted octanol–water partition coefficient (Wildman–Crippen LogP) is 1.16. The van der Waals surface area contributed by atoms with Gasteiger partial charge >= 0.3 is 0 Å². The van der Waals surface area contributed by atoms with Crippen LogP contribution in [-0.4, -0.2) is 36.5 Å². The van der Waals surface area contributed by atoms with Crippen molar-refractivity contribution in [1.82, 2.24) is 10.2 Å². The van der Waals surface area contributed by atoms with Crippen molar-refractivity contribution >= 4 is 5.91 Å². The first kappa shape index (κ1) is 11.2. The van der Waals surface area contributed by atoms with Crippen LogP contribution in [0, 0.1) is 0 Å². The predicted molar refractivity (Wildman–Crippen MR) is 58.1 cm³/mol. The minimum Gasteiger partial charge on any atom is -0.336 e. The second kappa shape index (κ2) is 5.15. The molecule has 0 unspecified atom stereocenters. The number of allylic oxidation sites excluding steroid dienone is 1. The lowest BCUT2D eigenvalue weighted by Crippen LogP contribution is -2.51. The largest absolute Gasteiger partial charge is 0.336 e. The molecule has 1 aliphatic heterocycles. The topological polar surface area (TPSA) is 32.3 Å².